The number of carbonyl (C=O) groups is 1. The van der Waals surface area contributed by atoms with Crippen LogP contribution in [0.5, 0.6) is 0 Å². The molecule has 0 radical (unpaired) electrons. The van der Waals surface area contributed by atoms with E-state index in [0.717, 1.165) is 24.1 Å². The Balaban J connectivity index is 2.00. The molecule has 96 valence electrons. The molecule has 2 N–H and O–H groups in total. The van der Waals surface area contributed by atoms with Gasteiger partial charge in [0.05, 0.1) is 18.0 Å². The van der Waals surface area contributed by atoms with E-state index in [1.807, 2.05) is 18.2 Å². The SMILES string of the molecule is Nc1ccc2c(c1)N(C(=O)c1ccnnc1)CCC2. The van der Waals surface area contributed by atoms with E-state index in [4.69, 9.17) is 5.73 Å². The molecule has 19 heavy (non-hydrogen) atoms. The zero-order valence-electron chi connectivity index (χ0n) is 10.4. The van der Waals surface area contributed by atoms with Crippen LogP contribution in [0.25, 0.3) is 0 Å². The minimum atomic E-state index is -0.0542. The van der Waals surface area contributed by atoms with Crippen molar-refractivity contribution >= 4 is 17.3 Å². The summed E-state index contributed by atoms with van der Waals surface area (Å²) in [6.07, 6.45) is 4.95. The highest BCUT2D eigenvalue weighted by molar-refractivity contribution is 6.06. The van der Waals surface area contributed by atoms with E-state index in [2.05, 4.69) is 10.2 Å². The molecule has 0 unspecified atom stereocenters. The summed E-state index contributed by atoms with van der Waals surface area (Å²) in [5.74, 6) is -0.0542. The summed E-state index contributed by atoms with van der Waals surface area (Å²) < 4.78 is 0. The number of nitrogen functional groups attached to an aromatic ring is 1. The lowest BCUT2D eigenvalue weighted by atomic mass is 10.0. The van der Waals surface area contributed by atoms with Gasteiger partial charge >= 0.3 is 0 Å². The summed E-state index contributed by atoms with van der Waals surface area (Å²) in [4.78, 5) is 14.3. The third kappa shape index (κ3) is 2.14. The second-order valence-corrected chi connectivity index (χ2v) is 4.58. The molecule has 2 aromatic rings. The molecule has 0 aliphatic carbocycles. The van der Waals surface area contributed by atoms with Crippen LogP contribution in [0.3, 0.4) is 0 Å². The standard InChI is InChI=1S/C14H14N4O/c15-12-4-3-10-2-1-7-18(13(10)8-12)14(19)11-5-6-16-17-9-11/h3-6,8-9H,1-2,7,15H2. The van der Waals surface area contributed by atoms with E-state index in [1.165, 1.54) is 12.4 Å². The van der Waals surface area contributed by atoms with Gasteiger partial charge in [0.2, 0.25) is 0 Å². The van der Waals surface area contributed by atoms with Crippen LogP contribution in [-0.2, 0) is 6.42 Å². The lowest BCUT2D eigenvalue weighted by Crippen LogP contribution is -2.35. The van der Waals surface area contributed by atoms with Crippen molar-refractivity contribution in [2.24, 2.45) is 0 Å². The number of anilines is 2. The van der Waals surface area contributed by atoms with Crippen LogP contribution >= 0.6 is 0 Å². The molecule has 1 aromatic carbocycles. The lowest BCUT2D eigenvalue weighted by molar-refractivity contribution is 0.0984. The van der Waals surface area contributed by atoms with Crippen molar-refractivity contribution in [3.63, 3.8) is 0 Å². The normalized spacial score (nSPS) is 14.0. The summed E-state index contributed by atoms with van der Waals surface area (Å²) in [6, 6.07) is 7.41. The molecule has 0 spiro atoms. The van der Waals surface area contributed by atoms with Crippen molar-refractivity contribution in [1.29, 1.82) is 0 Å². The monoisotopic (exact) mass is 254 g/mol. The highest BCUT2D eigenvalue weighted by atomic mass is 16.2. The third-order valence-electron chi connectivity index (χ3n) is 3.30. The number of aromatic nitrogens is 2. The van der Waals surface area contributed by atoms with E-state index in [9.17, 15) is 4.79 Å². The number of aryl methyl sites for hydroxylation is 1. The van der Waals surface area contributed by atoms with Gasteiger partial charge in [0.25, 0.3) is 5.91 Å². The fourth-order valence-electron chi connectivity index (χ4n) is 2.38. The van der Waals surface area contributed by atoms with Crippen LogP contribution in [-0.4, -0.2) is 22.6 Å². The molecule has 5 heteroatoms. The number of hydrogen-bond acceptors (Lipinski definition) is 4. The molecule has 1 amide bonds. The molecule has 0 saturated carbocycles. The van der Waals surface area contributed by atoms with Gasteiger partial charge in [-0.1, -0.05) is 6.07 Å². The molecular weight excluding hydrogens is 240 g/mol. The Morgan fingerprint density at radius 3 is 2.95 bits per heavy atom. The predicted molar refractivity (Wildman–Crippen MR) is 72.9 cm³/mol. The van der Waals surface area contributed by atoms with Crippen LogP contribution in [0.15, 0.2) is 36.7 Å². The van der Waals surface area contributed by atoms with Gasteiger partial charge < -0.3 is 10.6 Å². The number of fused-ring (bicyclic) bond motifs is 1. The fraction of sp³-hybridized carbons (Fsp3) is 0.214. The predicted octanol–water partition coefficient (Wildman–Crippen LogP) is 1.65. The molecule has 0 saturated heterocycles. The van der Waals surface area contributed by atoms with Crippen molar-refractivity contribution < 1.29 is 4.79 Å². The number of nitrogens with zero attached hydrogens (tertiary/aromatic N) is 3. The Morgan fingerprint density at radius 2 is 2.16 bits per heavy atom. The van der Waals surface area contributed by atoms with Crippen LogP contribution in [0, 0.1) is 0 Å². The molecule has 0 bridgehead atoms. The first kappa shape index (κ1) is 11.6. The first-order valence-corrected chi connectivity index (χ1v) is 6.22. The summed E-state index contributed by atoms with van der Waals surface area (Å²) in [6.45, 7) is 0.706. The molecule has 1 aliphatic rings. The van der Waals surface area contributed by atoms with E-state index < -0.39 is 0 Å². The Labute approximate surface area is 111 Å². The van der Waals surface area contributed by atoms with Crippen molar-refractivity contribution in [2.75, 3.05) is 17.2 Å². The molecule has 5 nitrogen and oxygen atoms in total. The van der Waals surface area contributed by atoms with Gasteiger partial charge in [-0.05, 0) is 36.6 Å². The quantitative estimate of drug-likeness (QED) is 0.785. The van der Waals surface area contributed by atoms with Gasteiger partial charge in [0, 0.05) is 17.9 Å². The Morgan fingerprint density at radius 1 is 1.26 bits per heavy atom. The molecule has 2 heterocycles. The van der Waals surface area contributed by atoms with E-state index in [0.29, 0.717) is 17.8 Å². The van der Waals surface area contributed by atoms with Gasteiger partial charge in [0.15, 0.2) is 0 Å². The van der Waals surface area contributed by atoms with Crippen molar-refractivity contribution in [3.8, 4) is 0 Å². The van der Waals surface area contributed by atoms with Crippen molar-refractivity contribution in [3.05, 3.63) is 47.8 Å². The topological polar surface area (TPSA) is 72.1 Å². The summed E-state index contributed by atoms with van der Waals surface area (Å²) in [7, 11) is 0. The van der Waals surface area contributed by atoms with Crippen molar-refractivity contribution in [1.82, 2.24) is 10.2 Å². The van der Waals surface area contributed by atoms with Gasteiger partial charge in [-0.25, -0.2) is 0 Å². The second kappa shape index (κ2) is 4.68. The summed E-state index contributed by atoms with van der Waals surface area (Å²) in [5.41, 5.74) is 9.11. The Kier molecular flexibility index (Phi) is 2.87. The average Bonchev–Trinajstić information content (AvgIpc) is 2.47. The van der Waals surface area contributed by atoms with Gasteiger partial charge in [-0.3, -0.25) is 4.79 Å². The minimum Gasteiger partial charge on any atom is -0.399 e. The van der Waals surface area contributed by atoms with Gasteiger partial charge in [0.1, 0.15) is 0 Å². The zero-order chi connectivity index (χ0) is 13.2. The summed E-state index contributed by atoms with van der Waals surface area (Å²) in [5, 5.41) is 7.44. The maximum absolute atomic E-state index is 12.5. The number of hydrogen-bond donors (Lipinski definition) is 1. The van der Waals surface area contributed by atoms with Crippen molar-refractivity contribution in [2.45, 2.75) is 12.8 Å². The molecule has 3 rings (SSSR count). The first-order chi connectivity index (χ1) is 9.25. The molecule has 1 aliphatic heterocycles. The first-order valence-electron chi connectivity index (χ1n) is 6.22. The molecule has 0 atom stereocenters. The maximum atomic E-state index is 12.5. The average molecular weight is 254 g/mol. The minimum absolute atomic E-state index is 0.0542. The Bertz CT molecular complexity index is 612. The number of carbonyl (C=O) groups excluding carboxylic acids is 1. The Hall–Kier alpha value is -2.43. The van der Waals surface area contributed by atoms with Crippen LogP contribution in [0.1, 0.15) is 22.3 Å². The molecule has 1 aromatic heterocycles. The van der Waals surface area contributed by atoms with Gasteiger partial charge in [-0.15, -0.1) is 0 Å². The highest BCUT2D eigenvalue weighted by Crippen LogP contribution is 2.30. The van der Waals surface area contributed by atoms with Crippen LogP contribution in [0.2, 0.25) is 0 Å². The molecular formula is C14H14N4O. The van der Waals surface area contributed by atoms with E-state index >= 15 is 0 Å². The van der Waals surface area contributed by atoms with Crippen LogP contribution in [0.4, 0.5) is 11.4 Å². The lowest BCUT2D eigenvalue weighted by Gasteiger charge is -2.29. The number of nitrogens with two attached hydrogens (primary N) is 1. The van der Waals surface area contributed by atoms with E-state index in [1.54, 1.807) is 11.0 Å². The third-order valence-corrected chi connectivity index (χ3v) is 3.30. The maximum Gasteiger partial charge on any atom is 0.259 e. The molecule has 0 fully saturated rings. The smallest absolute Gasteiger partial charge is 0.259 e. The van der Waals surface area contributed by atoms with Gasteiger partial charge in [-0.2, -0.15) is 10.2 Å². The fourth-order valence-corrected chi connectivity index (χ4v) is 2.38. The second-order valence-electron chi connectivity index (χ2n) is 4.58. The number of amides is 1. The number of benzene rings is 1. The summed E-state index contributed by atoms with van der Waals surface area (Å²) >= 11 is 0. The zero-order valence-corrected chi connectivity index (χ0v) is 10.4. The van der Waals surface area contributed by atoms with E-state index in [-0.39, 0.29) is 5.91 Å². The number of rotatable bonds is 1. The largest absolute Gasteiger partial charge is 0.399 e. The highest BCUT2D eigenvalue weighted by Gasteiger charge is 2.23. The van der Waals surface area contributed by atoms with Crippen LogP contribution < -0.4 is 10.6 Å².